The Kier molecular flexibility index (Phi) is 4.48. The maximum absolute atomic E-state index is 11.8. The normalized spacial score (nSPS) is 20.3. The zero-order valence-corrected chi connectivity index (χ0v) is 10.5. The van der Waals surface area contributed by atoms with Gasteiger partial charge in [-0.1, -0.05) is 25.1 Å². The summed E-state index contributed by atoms with van der Waals surface area (Å²) in [4.78, 5) is 0.344. The highest BCUT2D eigenvalue weighted by Gasteiger charge is 2.29. The van der Waals surface area contributed by atoms with Gasteiger partial charge in [-0.2, -0.15) is 0 Å². The lowest BCUT2D eigenvalue weighted by Gasteiger charge is -2.17. The number of hydrogen-bond donors (Lipinski definition) is 2. The highest BCUT2D eigenvalue weighted by atomic mass is 32.2. The zero-order chi connectivity index (χ0) is 11.5. The van der Waals surface area contributed by atoms with Gasteiger partial charge in [-0.25, -0.2) is 13.1 Å². The molecular formula is C9H18N2O2S2. The predicted octanol–water partition coefficient (Wildman–Crippen LogP) is 0.913. The molecule has 1 rings (SSSR count). The van der Waals surface area contributed by atoms with Gasteiger partial charge < -0.3 is 5.73 Å². The first-order valence-corrected chi connectivity index (χ1v) is 7.16. The minimum atomic E-state index is -3.17. The van der Waals surface area contributed by atoms with Gasteiger partial charge in [0.1, 0.15) is 0 Å². The van der Waals surface area contributed by atoms with Crippen molar-refractivity contribution in [2.24, 2.45) is 5.73 Å². The van der Waals surface area contributed by atoms with E-state index >= 15 is 0 Å². The average molecular weight is 250 g/mol. The fourth-order valence-corrected chi connectivity index (χ4v) is 3.96. The van der Waals surface area contributed by atoms with Crippen molar-refractivity contribution in [2.45, 2.75) is 50.3 Å². The first kappa shape index (κ1) is 12.9. The summed E-state index contributed by atoms with van der Waals surface area (Å²) < 4.78 is 26.3. The third-order valence-corrected chi connectivity index (χ3v) is 4.86. The molecule has 0 heterocycles. The van der Waals surface area contributed by atoms with Gasteiger partial charge in [-0.15, -0.1) is 0 Å². The van der Waals surface area contributed by atoms with Gasteiger partial charge in [-0.05, 0) is 19.8 Å². The third kappa shape index (κ3) is 4.04. The Balaban J connectivity index is 2.51. The molecule has 0 amide bonds. The second kappa shape index (κ2) is 5.23. The number of nitrogens with one attached hydrogen (secondary N) is 1. The van der Waals surface area contributed by atoms with Gasteiger partial charge in [0.15, 0.2) is 0 Å². The molecule has 0 spiro atoms. The summed E-state index contributed by atoms with van der Waals surface area (Å²) in [5, 5.41) is -0.216. The van der Waals surface area contributed by atoms with E-state index in [1.54, 1.807) is 6.92 Å². The molecule has 0 aromatic heterocycles. The lowest BCUT2D eigenvalue weighted by atomic mass is 10.3. The molecular weight excluding hydrogens is 232 g/mol. The van der Waals surface area contributed by atoms with Gasteiger partial charge in [0.25, 0.3) is 0 Å². The minimum Gasteiger partial charge on any atom is -0.393 e. The maximum Gasteiger partial charge on any atom is 0.214 e. The molecule has 0 bridgehead atoms. The topological polar surface area (TPSA) is 72.2 Å². The van der Waals surface area contributed by atoms with Gasteiger partial charge in [0.05, 0.1) is 10.2 Å². The smallest absolute Gasteiger partial charge is 0.214 e. The Morgan fingerprint density at radius 3 is 2.53 bits per heavy atom. The molecule has 0 saturated heterocycles. The van der Waals surface area contributed by atoms with E-state index in [-0.39, 0.29) is 11.3 Å². The molecule has 1 aliphatic carbocycles. The Hall–Kier alpha value is -0.200. The van der Waals surface area contributed by atoms with Crippen LogP contribution in [0, 0.1) is 0 Å². The van der Waals surface area contributed by atoms with Crippen LogP contribution in [0.1, 0.15) is 39.0 Å². The number of sulfonamides is 1. The predicted molar refractivity (Wildman–Crippen MR) is 65.2 cm³/mol. The lowest BCUT2D eigenvalue weighted by molar-refractivity contribution is 0.549. The number of hydrogen-bond acceptors (Lipinski definition) is 3. The molecule has 15 heavy (non-hydrogen) atoms. The molecule has 6 heteroatoms. The summed E-state index contributed by atoms with van der Waals surface area (Å²) in [5.74, 6) is 0. The van der Waals surface area contributed by atoms with Gasteiger partial charge >= 0.3 is 0 Å². The second-order valence-electron chi connectivity index (χ2n) is 4.14. The molecule has 1 aliphatic rings. The van der Waals surface area contributed by atoms with Crippen LogP contribution in [0.25, 0.3) is 0 Å². The Morgan fingerprint density at radius 1 is 1.53 bits per heavy atom. The Morgan fingerprint density at radius 2 is 2.07 bits per heavy atom. The van der Waals surface area contributed by atoms with Crippen molar-refractivity contribution >= 4 is 27.2 Å². The molecule has 1 atom stereocenters. The van der Waals surface area contributed by atoms with Crippen molar-refractivity contribution in [3.05, 3.63) is 0 Å². The average Bonchev–Trinajstić information content (AvgIpc) is 2.51. The van der Waals surface area contributed by atoms with Crippen molar-refractivity contribution in [1.29, 1.82) is 0 Å². The number of thiocarbonyl (C=S) groups is 1. The quantitative estimate of drug-likeness (QED) is 0.712. The monoisotopic (exact) mass is 250 g/mol. The van der Waals surface area contributed by atoms with Crippen LogP contribution in [0.15, 0.2) is 0 Å². The summed E-state index contributed by atoms with van der Waals surface area (Å²) in [6.45, 7) is 1.78. The van der Waals surface area contributed by atoms with E-state index in [0.29, 0.717) is 11.4 Å². The van der Waals surface area contributed by atoms with Gasteiger partial charge in [0, 0.05) is 12.5 Å². The first-order valence-electron chi connectivity index (χ1n) is 5.21. The molecule has 0 aromatic carbocycles. The SMILES string of the molecule is CC(CC(N)=S)NS(=O)(=O)C1CCCC1. The molecule has 3 N–H and O–H groups in total. The lowest BCUT2D eigenvalue weighted by Crippen LogP contribution is -2.40. The standard InChI is InChI=1S/C9H18N2O2S2/c1-7(6-9(10)14)11-15(12,13)8-4-2-3-5-8/h7-8,11H,2-6H2,1H3,(H2,10,14). The third-order valence-electron chi connectivity index (χ3n) is 2.61. The molecule has 0 aromatic rings. The van der Waals surface area contributed by atoms with Crippen LogP contribution >= 0.6 is 12.2 Å². The molecule has 88 valence electrons. The Labute approximate surface area is 96.7 Å². The van der Waals surface area contributed by atoms with E-state index in [1.165, 1.54) is 0 Å². The van der Waals surface area contributed by atoms with E-state index in [1.807, 2.05) is 0 Å². The van der Waals surface area contributed by atoms with E-state index in [9.17, 15) is 8.42 Å². The van der Waals surface area contributed by atoms with Crippen molar-refractivity contribution in [2.75, 3.05) is 0 Å². The second-order valence-corrected chi connectivity index (χ2v) is 6.66. The van der Waals surface area contributed by atoms with Crippen molar-refractivity contribution in [1.82, 2.24) is 4.72 Å². The molecule has 0 radical (unpaired) electrons. The van der Waals surface area contributed by atoms with Crippen LogP contribution in [0.3, 0.4) is 0 Å². The van der Waals surface area contributed by atoms with Crippen LogP contribution < -0.4 is 10.5 Å². The largest absolute Gasteiger partial charge is 0.393 e. The van der Waals surface area contributed by atoms with E-state index < -0.39 is 10.0 Å². The summed E-state index contributed by atoms with van der Waals surface area (Å²) in [5.41, 5.74) is 5.36. The van der Waals surface area contributed by atoms with Crippen LogP contribution in [0.5, 0.6) is 0 Å². The fourth-order valence-electron chi connectivity index (χ4n) is 1.92. The van der Waals surface area contributed by atoms with Crippen molar-refractivity contribution < 1.29 is 8.42 Å². The summed E-state index contributed by atoms with van der Waals surface area (Å²) in [6.07, 6.45) is 3.98. The van der Waals surface area contributed by atoms with Crippen LogP contribution in [-0.4, -0.2) is 24.7 Å². The van der Waals surface area contributed by atoms with Crippen molar-refractivity contribution in [3.63, 3.8) is 0 Å². The van der Waals surface area contributed by atoms with Crippen LogP contribution in [-0.2, 0) is 10.0 Å². The highest BCUT2D eigenvalue weighted by molar-refractivity contribution is 7.90. The summed E-state index contributed by atoms with van der Waals surface area (Å²) in [6, 6.07) is -0.201. The summed E-state index contributed by atoms with van der Waals surface area (Å²) in [7, 11) is -3.17. The fraction of sp³-hybridized carbons (Fsp3) is 0.889. The van der Waals surface area contributed by atoms with E-state index in [0.717, 1.165) is 25.7 Å². The van der Waals surface area contributed by atoms with E-state index in [2.05, 4.69) is 4.72 Å². The Bertz CT molecular complexity index is 321. The molecule has 0 aliphatic heterocycles. The number of rotatable bonds is 5. The number of nitrogens with two attached hydrogens (primary N) is 1. The molecule has 1 fully saturated rings. The van der Waals surface area contributed by atoms with Crippen molar-refractivity contribution in [3.8, 4) is 0 Å². The minimum absolute atomic E-state index is 0.201. The van der Waals surface area contributed by atoms with Gasteiger partial charge in [0.2, 0.25) is 10.0 Å². The van der Waals surface area contributed by atoms with Crippen LogP contribution in [0.2, 0.25) is 0 Å². The first-order chi connectivity index (χ1) is 6.92. The van der Waals surface area contributed by atoms with E-state index in [4.69, 9.17) is 18.0 Å². The van der Waals surface area contributed by atoms with Crippen LogP contribution in [0.4, 0.5) is 0 Å². The molecule has 1 unspecified atom stereocenters. The van der Waals surface area contributed by atoms with Gasteiger partial charge in [-0.3, -0.25) is 0 Å². The highest BCUT2D eigenvalue weighted by Crippen LogP contribution is 2.24. The maximum atomic E-state index is 11.8. The summed E-state index contributed by atoms with van der Waals surface area (Å²) >= 11 is 4.74. The molecule has 1 saturated carbocycles. The zero-order valence-electron chi connectivity index (χ0n) is 8.90. The molecule has 4 nitrogen and oxygen atoms in total.